The van der Waals surface area contributed by atoms with Gasteiger partial charge in [-0.15, -0.1) is 11.3 Å². The number of rotatable bonds is 4. The molecule has 1 aliphatic heterocycles. The van der Waals surface area contributed by atoms with Crippen LogP contribution in [0.5, 0.6) is 0 Å². The van der Waals surface area contributed by atoms with Crippen LogP contribution in [-0.2, 0) is 4.79 Å². The van der Waals surface area contributed by atoms with Crippen LogP contribution in [0.4, 0.5) is 0 Å². The molecule has 0 aromatic carbocycles. The van der Waals surface area contributed by atoms with Crippen LogP contribution in [-0.4, -0.2) is 23.4 Å². The second-order valence-corrected chi connectivity index (χ2v) is 6.48. The van der Waals surface area contributed by atoms with E-state index in [0.29, 0.717) is 12.5 Å². The van der Waals surface area contributed by atoms with Crippen LogP contribution >= 0.6 is 11.3 Å². The number of nitrogens with zero attached hydrogens (tertiary/aromatic N) is 1. The highest BCUT2D eigenvalue weighted by Gasteiger charge is 2.37. The Balaban J connectivity index is 2.22. The van der Waals surface area contributed by atoms with Crippen molar-refractivity contribution in [1.82, 2.24) is 10.2 Å². The summed E-state index contributed by atoms with van der Waals surface area (Å²) in [5.41, 5.74) is 0. The van der Waals surface area contributed by atoms with Gasteiger partial charge in [0.15, 0.2) is 0 Å². The van der Waals surface area contributed by atoms with Crippen molar-refractivity contribution >= 4 is 17.2 Å². The lowest BCUT2D eigenvalue weighted by Crippen LogP contribution is -2.41. The highest BCUT2D eigenvalue weighted by molar-refractivity contribution is 7.12. The van der Waals surface area contributed by atoms with E-state index in [-0.39, 0.29) is 18.1 Å². The van der Waals surface area contributed by atoms with E-state index < -0.39 is 0 Å². The van der Waals surface area contributed by atoms with E-state index in [1.165, 1.54) is 9.75 Å². The third kappa shape index (κ3) is 2.45. The minimum atomic E-state index is 0.0696. The minimum absolute atomic E-state index is 0.0696. The first-order valence-corrected chi connectivity index (χ1v) is 7.47. The first-order valence-electron chi connectivity index (χ1n) is 6.65. The van der Waals surface area contributed by atoms with E-state index in [1.54, 1.807) is 11.3 Å². The maximum atomic E-state index is 12.1. The number of nitrogens with one attached hydrogen (secondary N) is 1. The predicted molar refractivity (Wildman–Crippen MR) is 75.6 cm³/mol. The molecule has 1 aromatic heterocycles. The Morgan fingerprint density at radius 2 is 2.22 bits per heavy atom. The third-order valence-corrected chi connectivity index (χ3v) is 5.00. The molecule has 0 saturated carbocycles. The monoisotopic (exact) mass is 266 g/mol. The zero-order chi connectivity index (χ0) is 13.3. The lowest BCUT2D eigenvalue weighted by molar-refractivity contribution is -0.131. The van der Waals surface area contributed by atoms with Crippen molar-refractivity contribution in [2.24, 2.45) is 5.92 Å². The lowest BCUT2D eigenvalue weighted by Gasteiger charge is -2.33. The Morgan fingerprint density at radius 1 is 1.50 bits per heavy atom. The van der Waals surface area contributed by atoms with Gasteiger partial charge in [0.25, 0.3) is 0 Å². The van der Waals surface area contributed by atoms with Gasteiger partial charge < -0.3 is 4.90 Å². The SMILES string of the molecule is CCC(C)C(C)N1C(=O)CNC1c1ccc(C)s1. The van der Waals surface area contributed by atoms with Gasteiger partial charge in [-0.05, 0) is 31.9 Å². The second kappa shape index (κ2) is 5.41. The van der Waals surface area contributed by atoms with Crippen molar-refractivity contribution in [3.8, 4) is 0 Å². The number of aryl methyl sites for hydroxylation is 1. The fraction of sp³-hybridized carbons (Fsp3) is 0.643. The van der Waals surface area contributed by atoms with Gasteiger partial charge in [0.1, 0.15) is 6.17 Å². The summed E-state index contributed by atoms with van der Waals surface area (Å²) in [4.78, 5) is 16.7. The average Bonchev–Trinajstić information content (AvgIpc) is 2.93. The van der Waals surface area contributed by atoms with E-state index in [4.69, 9.17) is 0 Å². The van der Waals surface area contributed by atoms with Crippen LogP contribution in [0.3, 0.4) is 0 Å². The van der Waals surface area contributed by atoms with Crippen LogP contribution in [0, 0.1) is 12.8 Å². The van der Waals surface area contributed by atoms with E-state index in [9.17, 15) is 4.79 Å². The van der Waals surface area contributed by atoms with Gasteiger partial charge in [0.05, 0.1) is 6.54 Å². The number of carbonyl (C=O) groups excluding carboxylic acids is 1. The molecule has 3 atom stereocenters. The van der Waals surface area contributed by atoms with E-state index in [1.807, 2.05) is 4.90 Å². The van der Waals surface area contributed by atoms with E-state index in [2.05, 4.69) is 45.1 Å². The van der Waals surface area contributed by atoms with E-state index in [0.717, 1.165) is 6.42 Å². The third-order valence-electron chi connectivity index (χ3n) is 3.95. The van der Waals surface area contributed by atoms with Crippen molar-refractivity contribution in [1.29, 1.82) is 0 Å². The molecule has 0 spiro atoms. The first kappa shape index (κ1) is 13.6. The molecule has 18 heavy (non-hydrogen) atoms. The van der Waals surface area contributed by atoms with Crippen molar-refractivity contribution in [2.45, 2.75) is 46.3 Å². The Kier molecular flexibility index (Phi) is 4.07. The maximum Gasteiger partial charge on any atom is 0.238 e. The van der Waals surface area contributed by atoms with Gasteiger partial charge in [-0.25, -0.2) is 0 Å². The number of thiophene rings is 1. The fourth-order valence-electron chi connectivity index (χ4n) is 2.43. The summed E-state index contributed by atoms with van der Waals surface area (Å²) in [6.07, 6.45) is 1.17. The largest absolute Gasteiger partial charge is 0.318 e. The normalized spacial score (nSPS) is 23.4. The maximum absolute atomic E-state index is 12.1. The zero-order valence-corrected chi connectivity index (χ0v) is 12.4. The van der Waals surface area contributed by atoms with Crippen LogP contribution in [0.15, 0.2) is 12.1 Å². The molecule has 2 rings (SSSR count). The van der Waals surface area contributed by atoms with Crippen molar-refractivity contribution in [3.05, 3.63) is 21.9 Å². The Labute approximate surface area is 113 Å². The van der Waals surface area contributed by atoms with Gasteiger partial charge >= 0.3 is 0 Å². The second-order valence-electron chi connectivity index (χ2n) is 5.16. The Bertz CT molecular complexity index is 429. The van der Waals surface area contributed by atoms with Crippen LogP contribution in [0.25, 0.3) is 0 Å². The molecule has 0 radical (unpaired) electrons. The number of hydrogen-bond acceptors (Lipinski definition) is 3. The predicted octanol–water partition coefficient (Wildman–Crippen LogP) is 2.92. The fourth-order valence-corrected chi connectivity index (χ4v) is 3.39. The molecule has 1 N–H and O–H groups in total. The number of amides is 1. The molecule has 1 aromatic rings. The standard InChI is InChI=1S/C14H22N2OS/c1-5-9(2)11(4)16-13(17)8-15-14(16)12-7-6-10(3)18-12/h6-7,9,11,14-15H,5,8H2,1-4H3. The quantitative estimate of drug-likeness (QED) is 0.909. The summed E-state index contributed by atoms with van der Waals surface area (Å²) < 4.78 is 0. The lowest BCUT2D eigenvalue weighted by atomic mass is 9.99. The summed E-state index contributed by atoms with van der Waals surface area (Å²) >= 11 is 1.77. The summed E-state index contributed by atoms with van der Waals surface area (Å²) in [7, 11) is 0. The summed E-state index contributed by atoms with van der Waals surface area (Å²) in [5.74, 6) is 0.747. The zero-order valence-electron chi connectivity index (χ0n) is 11.6. The van der Waals surface area contributed by atoms with Crippen molar-refractivity contribution < 1.29 is 4.79 Å². The molecule has 100 valence electrons. The number of hydrogen-bond donors (Lipinski definition) is 1. The molecular weight excluding hydrogens is 244 g/mol. The molecule has 0 aliphatic carbocycles. The molecule has 2 heterocycles. The Morgan fingerprint density at radius 3 is 2.78 bits per heavy atom. The average molecular weight is 266 g/mol. The van der Waals surface area contributed by atoms with Crippen LogP contribution in [0.1, 0.15) is 43.1 Å². The van der Waals surface area contributed by atoms with Gasteiger partial charge in [-0.3, -0.25) is 10.1 Å². The molecule has 1 amide bonds. The topological polar surface area (TPSA) is 32.3 Å². The van der Waals surface area contributed by atoms with E-state index >= 15 is 0 Å². The van der Waals surface area contributed by atoms with Gasteiger partial charge in [-0.2, -0.15) is 0 Å². The van der Waals surface area contributed by atoms with Gasteiger partial charge in [0.2, 0.25) is 5.91 Å². The highest BCUT2D eigenvalue weighted by Crippen LogP contribution is 2.32. The van der Waals surface area contributed by atoms with Gasteiger partial charge in [-0.1, -0.05) is 20.3 Å². The molecule has 1 saturated heterocycles. The number of carbonyl (C=O) groups is 1. The molecule has 1 fully saturated rings. The minimum Gasteiger partial charge on any atom is -0.318 e. The van der Waals surface area contributed by atoms with Crippen LogP contribution in [0.2, 0.25) is 0 Å². The van der Waals surface area contributed by atoms with Crippen LogP contribution < -0.4 is 5.32 Å². The molecule has 3 nitrogen and oxygen atoms in total. The summed E-state index contributed by atoms with van der Waals surface area (Å²) in [5, 5.41) is 3.33. The molecule has 0 bridgehead atoms. The van der Waals surface area contributed by atoms with Crippen molar-refractivity contribution in [2.75, 3.05) is 6.54 Å². The van der Waals surface area contributed by atoms with Gasteiger partial charge in [0, 0.05) is 15.8 Å². The summed E-state index contributed by atoms with van der Waals surface area (Å²) in [6, 6.07) is 4.54. The van der Waals surface area contributed by atoms with Crippen molar-refractivity contribution in [3.63, 3.8) is 0 Å². The molecule has 3 unspecified atom stereocenters. The molecule has 4 heteroatoms. The highest BCUT2D eigenvalue weighted by atomic mass is 32.1. The molecule has 1 aliphatic rings. The summed E-state index contributed by atoms with van der Waals surface area (Å²) in [6.45, 7) is 9.12. The first-order chi connectivity index (χ1) is 8.54. The Hall–Kier alpha value is -0.870. The molecular formula is C14H22N2OS. The smallest absolute Gasteiger partial charge is 0.238 e.